The van der Waals surface area contributed by atoms with Gasteiger partial charge in [0.2, 0.25) is 0 Å². The molecular formula is C13H16N6. The van der Waals surface area contributed by atoms with Gasteiger partial charge < -0.3 is 5.73 Å². The van der Waals surface area contributed by atoms with Gasteiger partial charge in [-0.2, -0.15) is 5.10 Å². The molecule has 2 aromatic heterocycles. The summed E-state index contributed by atoms with van der Waals surface area (Å²) < 4.78 is 3.65. The Labute approximate surface area is 110 Å². The first-order valence-corrected chi connectivity index (χ1v) is 6.21. The zero-order chi connectivity index (χ0) is 13.4. The van der Waals surface area contributed by atoms with E-state index in [1.54, 1.807) is 4.68 Å². The first kappa shape index (κ1) is 11.9. The molecule has 6 nitrogen and oxygen atoms in total. The van der Waals surface area contributed by atoms with Crippen molar-refractivity contribution in [2.24, 2.45) is 12.8 Å². The van der Waals surface area contributed by atoms with Gasteiger partial charge in [0.05, 0.1) is 29.6 Å². The molecule has 2 N–H and O–H groups in total. The van der Waals surface area contributed by atoms with E-state index in [1.165, 1.54) is 0 Å². The molecule has 2 heterocycles. The minimum absolute atomic E-state index is 0.103. The third kappa shape index (κ3) is 2.10. The number of aromatic nitrogens is 5. The highest BCUT2D eigenvalue weighted by atomic mass is 15.4. The van der Waals surface area contributed by atoms with Gasteiger partial charge in [0.1, 0.15) is 0 Å². The number of hydrogen-bond acceptors (Lipinski definition) is 4. The van der Waals surface area contributed by atoms with Crippen LogP contribution in [0.3, 0.4) is 0 Å². The van der Waals surface area contributed by atoms with Crippen molar-refractivity contribution in [3.05, 3.63) is 41.9 Å². The van der Waals surface area contributed by atoms with Crippen LogP contribution in [0.1, 0.15) is 24.4 Å². The number of nitrogens with zero attached hydrogens (tertiary/aromatic N) is 5. The van der Waals surface area contributed by atoms with E-state index in [0.717, 1.165) is 22.3 Å². The van der Waals surface area contributed by atoms with Crippen LogP contribution < -0.4 is 5.73 Å². The van der Waals surface area contributed by atoms with Crippen molar-refractivity contribution in [2.45, 2.75) is 19.5 Å². The molecule has 0 spiro atoms. The van der Waals surface area contributed by atoms with Crippen LogP contribution in [0.2, 0.25) is 0 Å². The number of fused-ring (bicyclic) bond motifs is 1. The summed E-state index contributed by atoms with van der Waals surface area (Å²) in [7, 11) is 1.94. The molecule has 19 heavy (non-hydrogen) atoms. The summed E-state index contributed by atoms with van der Waals surface area (Å²) in [5.74, 6) is 0. The predicted molar refractivity (Wildman–Crippen MR) is 72.4 cm³/mol. The third-order valence-corrected chi connectivity index (χ3v) is 3.17. The van der Waals surface area contributed by atoms with Crippen LogP contribution in [0.4, 0.5) is 0 Å². The summed E-state index contributed by atoms with van der Waals surface area (Å²) >= 11 is 0. The predicted octanol–water partition coefficient (Wildman–Crippen LogP) is 1.23. The fourth-order valence-electron chi connectivity index (χ4n) is 2.16. The van der Waals surface area contributed by atoms with E-state index in [0.29, 0.717) is 6.54 Å². The zero-order valence-electron chi connectivity index (χ0n) is 11.0. The molecule has 0 amide bonds. The van der Waals surface area contributed by atoms with Crippen LogP contribution in [0, 0.1) is 0 Å². The van der Waals surface area contributed by atoms with Crippen molar-refractivity contribution in [3.8, 4) is 0 Å². The molecule has 1 aromatic carbocycles. The third-order valence-electron chi connectivity index (χ3n) is 3.17. The van der Waals surface area contributed by atoms with E-state index in [2.05, 4.69) is 27.5 Å². The van der Waals surface area contributed by atoms with Crippen molar-refractivity contribution >= 4 is 10.9 Å². The molecule has 3 rings (SSSR count). The smallest absolute Gasteiger partial charge is 0.0991 e. The zero-order valence-corrected chi connectivity index (χ0v) is 11.0. The van der Waals surface area contributed by atoms with Crippen molar-refractivity contribution < 1.29 is 0 Å². The quantitative estimate of drug-likeness (QED) is 0.765. The maximum Gasteiger partial charge on any atom is 0.0991 e. The Balaban J connectivity index is 1.96. The van der Waals surface area contributed by atoms with E-state index in [-0.39, 0.29) is 6.04 Å². The van der Waals surface area contributed by atoms with Crippen LogP contribution in [-0.4, -0.2) is 24.8 Å². The van der Waals surface area contributed by atoms with E-state index >= 15 is 0 Å². The van der Waals surface area contributed by atoms with Crippen LogP contribution in [0.25, 0.3) is 10.9 Å². The monoisotopic (exact) mass is 256 g/mol. The highest BCUT2D eigenvalue weighted by Gasteiger charge is 2.10. The fourth-order valence-corrected chi connectivity index (χ4v) is 2.16. The number of hydrogen-bond donors (Lipinski definition) is 1. The molecule has 0 saturated heterocycles. The molecular weight excluding hydrogens is 240 g/mol. The summed E-state index contributed by atoms with van der Waals surface area (Å²) in [6.45, 7) is 2.49. The Morgan fingerprint density at radius 3 is 2.84 bits per heavy atom. The van der Waals surface area contributed by atoms with Gasteiger partial charge in [-0.3, -0.25) is 4.68 Å². The van der Waals surface area contributed by atoms with E-state index < -0.39 is 0 Å². The second-order valence-electron chi connectivity index (χ2n) is 4.72. The Kier molecular flexibility index (Phi) is 2.79. The van der Waals surface area contributed by atoms with Crippen LogP contribution in [-0.2, 0) is 13.6 Å². The molecule has 0 aliphatic carbocycles. The lowest BCUT2D eigenvalue weighted by Gasteiger charge is -1.98. The Bertz CT molecular complexity index is 709. The molecule has 98 valence electrons. The Hall–Kier alpha value is -2.21. The molecule has 1 unspecified atom stereocenters. The average molecular weight is 256 g/mol. The molecule has 0 saturated carbocycles. The maximum absolute atomic E-state index is 5.78. The van der Waals surface area contributed by atoms with Crippen LogP contribution in [0.15, 0.2) is 30.5 Å². The summed E-state index contributed by atoms with van der Waals surface area (Å²) in [4.78, 5) is 0. The highest BCUT2D eigenvalue weighted by molar-refractivity contribution is 5.81. The SMILES string of the molecule is CC(N)c1cn(Cc2nn(C)c3ccccc23)nn1. The highest BCUT2D eigenvalue weighted by Crippen LogP contribution is 2.18. The molecule has 0 radical (unpaired) electrons. The Morgan fingerprint density at radius 1 is 1.32 bits per heavy atom. The topological polar surface area (TPSA) is 74.6 Å². The first-order chi connectivity index (χ1) is 9.15. The van der Waals surface area contributed by atoms with Gasteiger partial charge in [-0.25, -0.2) is 4.68 Å². The van der Waals surface area contributed by atoms with Gasteiger partial charge in [0, 0.05) is 18.5 Å². The summed E-state index contributed by atoms with van der Waals surface area (Å²) in [5, 5.41) is 13.8. The lowest BCUT2D eigenvalue weighted by Crippen LogP contribution is -2.05. The molecule has 0 fully saturated rings. The molecule has 1 atom stereocenters. The van der Waals surface area contributed by atoms with Gasteiger partial charge in [-0.15, -0.1) is 5.10 Å². The van der Waals surface area contributed by atoms with E-state index in [4.69, 9.17) is 5.73 Å². The van der Waals surface area contributed by atoms with E-state index in [9.17, 15) is 0 Å². The first-order valence-electron chi connectivity index (χ1n) is 6.21. The number of nitrogens with two attached hydrogens (primary N) is 1. The van der Waals surface area contributed by atoms with Gasteiger partial charge in [-0.05, 0) is 13.0 Å². The normalized spacial score (nSPS) is 13.0. The maximum atomic E-state index is 5.78. The number of benzene rings is 1. The van der Waals surface area contributed by atoms with Gasteiger partial charge in [0.15, 0.2) is 0 Å². The number of para-hydroxylation sites is 1. The van der Waals surface area contributed by atoms with Crippen molar-refractivity contribution in [1.29, 1.82) is 0 Å². The van der Waals surface area contributed by atoms with E-state index in [1.807, 2.05) is 37.0 Å². The van der Waals surface area contributed by atoms with Gasteiger partial charge >= 0.3 is 0 Å². The Morgan fingerprint density at radius 2 is 2.11 bits per heavy atom. The van der Waals surface area contributed by atoms with Crippen molar-refractivity contribution in [3.63, 3.8) is 0 Å². The molecule has 0 aliphatic rings. The number of rotatable bonds is 3. The minimum Gasteiger partial charge on any atom is -0.323 e. The van der Waals surface area contributed by atoms with Crippen LogP contribution in [0.5, 0.6) is 0 Å². The molecule has 3 aromatic rings. The van der Waals surface area contributed by atoms with Crippen molar-refractivity contribution in [2.75, 3.05) is 0 Å². The van der Waals surface area contributed by atoms with Gasteiger partial charge in [0.25, 0.3) is 0 Å². The lowest BCUT2D eigenvalue weighted by atomic mass is 10.2. The largest absolute Gasteiger partial charge is 0.323 e. The molecule has 6 heteroatoms. The van der Waals surface area contributed by atoms with Crippen LogP contribution >= 0.6 is 0 Å². The van der Waals surface area contributed by atoms with Gasteiger partial charge in [-0.1, -0.05) is 23.4 Å². The fraction of sp³-hybridized carbons (Fsp3) is 0.308. The minimum atomic E-state index is -0.103. The lowest BCUT2D eigenvalue weighted by molar-refractivity contribution is 0.627. The molecule has 0 bridgehead atoms. The summed E-state index contributed by atoms with van der Waals surface area (Å²) in [6.07, 6.45) is 1.87. The summed E-state index contributed by atoms with van der Waals surface area (Å²) in [6, 6.07) is 8.05. The second kappa shape index (κ2) is 4.47. The average Bonchev–Trinajstić information content (AvgIpc) is 2.97. The second-order valence-corrected chi connectivity index (χ2v) is 4.72. The number of aryl methyl sites for hydroxylation is 1. The molecule has 0 aliphatic heterocycles. The standard InChI is InChI=1S/C13H16N6/c1-9(14)11-7-19(17-15-11)8-12-10-5-3-4-6-13(10)18(2)16-12/h3-7,9H,8,14H2,1-2H3. The van der Waals surface area contributed by atoms with Crippen molar-refractivity contribution in [1.82, 2.24) is 24.8 Å². The summed E-state index contributed by atoms with van der Waals surface area (Å²) in [5.41, 5.74) is 8.67.